The summed E-state index contributed by atoms with van der Waals surface area (Å²) < 4.78 is 1.89. The number of nitrogens with one attached hydrogen (secondary N) is 1. The molecule has 10 heteroatoms. The lowest BCUT2D eigenvalue weighted by Crippen LogP contribution is -2.44. The van der Waals surface area contributed by atoms with Crippen molar-refractivity contribution in [1.29, 1.82) is 10.5 Å². The molecule has 33 heavy (non-hydrogen) atoms. The lowest BCUT2D eigenvalue weighted by Gasteiger charge is -2.32. The number of aromatic nitrogens is 5. The molecule has 0 spiro atoms. The van der Waals surface area contributed by atoms with Gasteiger partial charge in [0.2, 0.25) is 0 Å². The van der Waals surface area contributed by atoms with E-state index in [-0.39, 0.29) is 11.4 Å². The van der Waals surface area contributed by atoms with Crippen LogP contribution in [0.5, 0.6) is 0 Å². The summed E-state index contributed by atoms with van der Waals surface area (Å²) in [4.78, 5) is 21.7. The first-order chi connectivity index (χ1) is 16.1. The summed E-state index contributed by atoms with van der Waals surface area (Å²) in [5.74, 6) is 1.04. The second-order valence-corrected chi connectivity index (χ2v) is 8.33. The highest BCUT2D eigenvalue weighted by Gasteiger charge is 2.24. The zero-order valence-corrected chi connectivity index (χ0v) is 18.4. The van der Waals surface area contributed by atoms with E-state index in [0.717, 1.165) is 50.2 Å². The Labute approximate surface area is 190 Å². The SMILES string of the molecule is CN1CCN(CCCn2c(N)c(-c3nc4ccccc4[nH]3)c3nc(C#N)c(C#N)nc32)CC1. The Morgan fingerprint density at radius 3 is 2.45 bits per heavy atom. The molecule has 0 amide bonds. The highest BCUT2D eigenvalue weighted by Crippen LogP contribution is 2.35. The Balaban J connectivity index is 1.56. The van der Waals surface area contributed by atoms with Crippen LogP contribution in [-0.4, -0.2) is 74.1 Å². The largest absolute Gasteiger partial charge is 0.384 e. The molecule has 1 saturated heterocycles. The van der Waals surface area contributed by atoms with Crippen molar-refractivity contribution in [3.63, 3.8) is 0 Å². The van der Waals surface area contributed by atoms with Crippen molar-refractivity contribution in [3.05, 3.63) is 35.7 Å². The van der Waals surface area contributed by atoms with E-state index in [0.29, 0.717) is 34.9 Å². The molecule has 10 nitrogen and oxygen atoms in total. The van der Waals surface area contributed by atoms with E-state index in [9.17, 15) is 10.5 Å². The third-order valence-corrected chi connectivity index (χ3v) is 6.21. The Morgan fingerprint density at radius 2 is 1.73 bits per heavy atom. The van der Waals surface area contributed by atoms with E-state index in [1.54, 1.807) is 0 Å². The first kappa shape index (κ1) is 20.9. The van der Waals surface area contributed by atoms with Gasteiger partial charge in [0, 0.05) is 32.7 Å². The summed E-state index contributed by atoms with van der Waals surface area (Å²) in [5.41, 5.74) is 9.88. The third-order valence-electron chi connectivity index (χ3n) is 6.21. The van der Waals surface area contributed by atoms with E-state index in [1.165, 1.54) is 0 Å². The van der Waals surface area contributed by atoms with Crippen LogP contribution in [-0.2, 0) is 6.54 Å². The Morgan fingerprint density at radius 1 is 1.00 bits per heavy atom. The lowest BCUT2D eigenvalue weighted by atomic mass is 10.2. The number of nitriles is 2. The fraction of sp³-hybridized carbons (Fsp3) is 0.348. The van der Waals surface area contributed by atoms with E-state index in [1.807, 2.05) is 41.0 Å². The monoisotopic (exact) mass is 440 g/mol. The van der Waals surface area contributed by atoms with Crippen LogP contribution in [0.25, 0.3) is 33.6 Å². The van der Waals surface area contributed by atoms with Crippen LogP contribution < -0.4 is 5.73 Å². The van der Waals surface area contributed by atoms with Crippen molar-refractivity contribution in [3.8, 4) is 23.5 Å². The second-order valence-electron chi connectivity index (χ2n) is 8.33. The Bertz CT molecular complexity index is 1380. The predicted molar refractivity (Wildman–Crippen MR) is 125 cm³/mol. The van der Waals surface area contributed by atoms with Crippen LogP contribution in [0.3, 0.4) is 0 Å². The lowest BCUT2D eigenvalue weighted by molar-refractivity contribution is 0.151. The van der Waals surface area contributed by atoms with Crippen molar-refractivity contribution in [2.45, 2.75) is 13.0 Å². The molecule has 0 aliphatic carbocycles. The number of nitrogens with two attached hydrogens (primary N) is 1. The van der Waals surface area contributed by atoms with Gasteiger partial charge in [-0.3, -0.25) is 0 Å². The molecule has 1 fully saturated rings. The van der Waals surface area contributed by atoms with E-state index < -0.39 is 0 Å². The first-order valence-electron chi connectivity index (χ1n) is 10.9. The fourth-order valence-corrected chi connectivity index (χ4v) is 4.36. The van der Waals surface area contributed by atoms with Gasteiger partial charge >= 0.3 is 0 Å². The molecule has 1 aromatic carbocycles. The molecular weight excluding hydrogens is 416 g/mol. The number of para-hydroxylation sites is 2. The van der Waals surface area contributed by atoms with Crippen molar-refractivity contribution >= 4 is 28.0 Å². The van der Waals surface area contributed by atoms with Crippen LogP contribution in [0.1, 0.15) is 17.8 Å². The van der Waals surface area contributed by atoms with Gasteiger partial charge in [-0.25, -0.2) is 15.0 Å². The Kier molecular flexibility index (Phi) is 5.38. The van der Waals surface area contributed by atoms with Gasteiger partial charge in [0.15, 0.2) is 17.0 Å². The summed E-state index contributed by atoms with van der Waals surface area (Å²) in [6.07, 6.45) is 0.876. The predicted octanol–water partition coefficient (Wildman–Crippen LogP) is 1.94. The van der Waals surface area contributed by atoms with Crippen LogP contribution in [0.4, 0.5) is 5.82 Å². The molecule has 4 aromatic rings. The molecular formula is C23H24N10. The van der Waals surface area contributed by atoms with Crippen LogP contribution in [0.15, 0.2) is 24.3 Å². The molecule has 4 heterocycles. The smallest absolute Gasteiger partial charge is 0.179 e. The molecule has 0 unspecified atom stereocenters. The summed E-state index contributed by atoms with van der Waals surface area (Å²) in [5, 5.41) is 19.0. The number of H-pyrrole nitrogens is 1. The fourth-order valence-electron chi connectivity index (χ4n) is 4.36. The quantitative estimate of drug-likeness (QED) is 0.480. The minimum absolute atomic E-state index is 0.000950. The van der Waals surface area contributed by atoms with Gasteiger partial charge in [-0.1, -0.05) is 12.1 Å². The molecule has 0 radical (unpaired) electrons. The van der Waals surface area contributed by atoms with Gasteiger partial charge in [-0.2, -0.15) is 10.5 Å². The molecule has 5 rings (SSSR count). The van der Waals surface area contributed by atoms with E-state index in [2.05, 4.69) is 36.8 Å². The summed E-state index contributed by atoms with van der Waals surface area (Å²) in [6, 6.07) is 11.7. The van der Waals surface area contributed by atoms with Gasteiger partial charge in [-0.05, 0) is 32.1 Å². The average Bonchev–Trinajstić information content (AvgIpc) is 3.37. The number of likely N-dealkylation sites (N-methyl/N-ethyl adjacent to an activating group) is 1. The van der Waals surface area contributed by atoms with Crippen molar-refractivity contribution in [2.24, 2.45) is 0 Å². The van der Waals surface area contributed by atoms with Crippen molar-refractivity contribution < 1.29 is 0 Å². The van der Waals surface area contributed by atoms with Crippen molar-refractivity contribution in [1.82, 2.24) is 34.3 Å². The summed E-state index contributed by atoms with van der Waals surface area (Å²) in [6.45, 7) is 5.80. The third kappa shape index (κ3) is 3.76. The van der Waals surface area contributed by atoms with Gasteiger partial charge in [0.1, 0.15) is 29.3 Å². The van der Waals surface area contributed by atoms with Crippen LogP contribution in [0, 0.1) is 22.7 Å². The zero-order chi connectivity index (χ0) is 22.9. The van der Waals surface area contributed by atoms with Gasteiger partial charge in [0.25, 0.3) is 0 Å². The molecule has 0 bridgehead atoms. The summed E-state index contributed by atoms with van der Waals surface area (Å²) >= 11 is 0. The van der Waals surface area contributed by atoms with E-state index in [4.69, 9.17) is 5.73 Å². The second kappa shape index (κ2) is 8.51. The minimum atomic E-state index is -0.0167. The molecule has 3 N–H and O–H groups in total. The summed E-state index contributed by atoms with van der Waals surface area (Å²) in [7, 11) is 2.14. The van der Waals surface area contributed by atoms with Crippen LogP contribution in [0.2, 0.25) is 0 Å². The van der Waals surface area contributed by atoms with Gasteiger partial charge in [-0.15, -0.1) is 0 Å². The number of anilines is 1. The maximum absolute atomic E-state index is 9.49. The first-order valence-corrected chi connectivity index (χ1v) is 10.9. The number of aromatic amines is 1. The number of nitrogens with zero attached hydrogens (tertiary/aromatic N) is 8. The number of fused-ring (bicyclic) bond motifs is 2. The maximum atomic E-state index is 9.49. The number of nitrogen functional groups attached to an aromatic ring is 1. The van der Waals surface area contributed by atoms with E-state index >= 15 is 0 Å². The number of imidazole rings is 1. The molecule has 166 valence electrons. The topological polar surface area (TPSA) is 139 Å². The molecule has 0 saturated carbocycles. The molecule has 1 aliphatic rings. The highest BCUT2D eigenvalue weighted by atomic mass is 15.2. The standard InChI is InChI=1S/C23H24N10/c1-31-9-11-32(12-10-31)7-4-8-33-21(26)19(22-28-15-5-2-3-6-16(15)29-22)20-23(33)30-18(14-25)17(13-24)27-20/h2-3,5-6H,4,7-12,26H2,1H3,(H,28,29). The molecule has 1 aliphatic heterocycles. The number of rotatable bonds is 5. The van der Waals surface area contributed by atoms with Gasteiger partial charge in [0.05, 0.1) is 16.6 Å². The van der Waals surface area contributed by atoms with Crippen LogP contribution >= 0.6 is 0 Å². The normalized spacial score (nSPS) is 15.1. The zero-order valence-electron chi connectivity index (χ0n) is 18.4. The maximum Gasteiger partial charge on any atom is 0.179 e. The Hall–Kier alpha value is -3.99. The number of hydrogen-bond acceptors (Lipinski definition) is 8. The average molecular weight is 441 g/mol. The highest BCUT2D eigenvalue weighted by molar-refractivity contribution is 5.98. The minimum Gasteiger partial charge on any atom is -0.384 e. The van der Waals surface area contributed by atoms with Crippen molar-refractivity contribution in [2.75, 3.05) is 45.5 Å². The number of hydrogen-bond donors (Lipinski definition) is 2. The number of benzene rings is 1. The number of piperazine rings is 1. The molecule has 0 atom stereocenters. The van der Waals surface area contributed by atoms with Gasteiger partial charge < -0.3 is 25.1 Å². The number of aryl methyl sites for hydroxylation is 1. The molecule has 3 aromatic heterocycles.